The van der Waals surface area contributed by atoms with Crippen LogP contribution in [0.2, 0.25) is 0 Å². The van der Waals surface area contributed by atoms with Crippen LogP contribution in [0.15, 0.2) is 36.4 Å². The highest BCUT2D eigenvalue weighted by Gasteiger charge is 2.16. The number of aromatic hydroxyl groups is 1. The predicted molar refractivity (Wildman–Crippen MR) is 86.4 cm³/mol. The van der Waals surface area contributed by atoms with Crippen molar-refractivity contribution in [2.24, 2.45) is 0 Å². The Morgan fingerprint density at radius 2 is 1.45 bits per heavy atom. The summed E-state index contributed by atoms with van der Waals surface area (Å²) in [6.45, 7) is 6.28. The summed E-state index contributed by atoms with van der Waals surface area (Å²) in [5.74, 6) is 2.28. The molecule has 0 bridgehead atoms. The lowest BCUT2D eigenvalue weighted by atomic mass is 9.87. The Kier molecular flexibility index (Phi) is 4.50. The molecule has 0 spiro atoms. The SMILES string of the molecule is COc1ccc(Oc2ccc(C(C)(C)C)cc2O)cc1OC. The summed E-state index contributed by atoms with van der Waals surface area (Å²) in [5.41, 5.74) is 1.02. The van der Waals surface area contributed by atoms with Crippen molar-refractivity contribution >= 4 is 0 Å². The van der Waals surface area contributed by atoms with Gasteiger partial charge in [-0.25, -0.2) is 0 Å². The first-order valence-corrected chi connectivity index (χ1v) is 7.08. The number of benzene rings is 2. The fraction of sp³-hybridized carbons (Fsp3) is 0.333. The number of phenolic OH excluding ortho intramolecular Hbond substituents is 1. The molecular formula is C18H22O4. The largest absolute Gasteiger partial charge is 0.504 e. The van der Waals surface area contributed by atoms with Gasteiger partial charge in [-0.1, -0.05) is 26.8 Å². The van der Waals surface area contributed by atoms with E-state index in [0.29, 0.717) is 23.0 Å². The second kappa shape index (κ2) is 6.18. The fourth-order valence-electron chi connectivity index (χ4n) is 2.08. The third-order valence-corrected chi connectivity index (χ3v) is 3.41. The molecule has 0 saturated carbocycles. The van der Waals surface area contributed by atoms with Gasteiger partial charge in [0.25, 0.3) is 0 Å². The lowest BCUT2D eigenvalue weighted by molar-refractivity contribution is 0.351. The number of hydrogen-bond acceptors (Lipinski definition) is 4. The number of rotatable bonds is 4. The molecule has 0 aliphatic carbocycles. The Morgan fingerprint density at radius 3 is 2.00 bits per heavy atom. The summed E-state index contributed by atoms with van der Waals surface area (Å²) in [7, 11) is 3.15. The van der Waals surface area contributed by atoms with Gasteiger partial charge >= 0.3 is 0 Å². The molecule has 0 aliphatic heterocycles. The molecule has 22 heavy (non-hydrogen) atoms. The number of ether oxygens (including phenoxy) is 3. The number of phenols is 1. The Hall–Kier alpha value is -2.36. The van der Waals surface area contributed by atoms with Crippen molar-refractivity contribution in [3.8, 4) is 28.7 Å². The van der Waals surface area contributed by atoms with Gasteiger partial charge in [-0.05, 0) is 35.2 Å². The van der Waals surface area contributed by atoms with Crippen LogP contribution in [0.5, 0.6) is 28.7 Å². The predicted octanol–water partition coefficient (Wildman–Crippen LogP) is 4.50. The summed E-state index contributed by atoms with van der Waals surface area (Å²) in [6, 6.07) is 10.7. The third kappa shape index (κ3) is 3.45. The maximum absolute atomic E-state index is 10.2. The highest BCUT2D eigenvalue weighted by molar-refractivity contribution is 5.49. The smallest absolute Gasteiger partial charge is 0.169 e. The van der Waals surface area contributed by atoms with E-state index in [-0.39, 0.29) is 11.2 Å². The van der Waals surface area contributed by atoms with E-state index in [0.717, 1.165) is 5.56 Å². The Morgan fingerprint density at radius 1 is 0.818 bits per heavy atom. The molecule has 2 rings (SSSR count). The second-order valence-corrected chi connectivity index (χ2v) is 6.05. The van der Waals surface area contributed by atoms with Crippen molar-refractivity contribution in [3.63, 3.8) is 0 Å². The minimum Gasteiger partial charge on any atom is -0.504 e. The van der Waals surface area contributed by atoms with E-state index in [9.17, 15) is 5.11 Å². The lowest BCUT2D eigenvalue weighted by Gasteiger charge is -2.20. The van der Waals surface area contributed by atoms with E-state index in [2.05, 4.69) is 20.8 Å². The van der Waals surface area contributed by atoms with Gasteiger partial charge in [-0.3, -0.25) is 0 Å². The average Bonchev–Trinajstić information content (AvgIpc) is 2.48. The molecule has 0 amide bonds. The molecule has 0 aliphatic rings. The molecule has 2 aromatic rings. The molecule has 0 radical (unpaired) electrons. The molecule has 0 unspecified atom stereocenters. The topological polar surface area (TPSA) is 47.9 Å². The standard InChI is InChI=1S/C18H22O4/c1-18(2,3)12-6-8-15(14(19)10-12)22-13-7-9-16(20-4)17(11-13)21-5/h6-11,19H,1-5H3. The van der Waals surface area contributed by atoms with Crippen LogP contribution in [-0.4, -0.2) is 19.3 Å². The van der Waals surface area contributed by atoms with E-state index in [1.165, 1.54) is 0 Å². The summed E-state index contributed by atoms with van der Waals surface area (Å²) >= 11 is 0. The van der Waals surface area contributed by atoms with Crippen LogP contribution in [-0.2, 0) is 5.41 Å². The molecule has 118 valence electrons. The van der Waals surface area contributed by atoms with Crippen molar-refractivity contribution in [1.82, 2.24) is 0 Å². The first-order chi connectivity index (χ1) is 10.3. The van der Waals surface area contributed by atoms with Crippen molar-refractivity contribution in [2.75, 3.05) is 14.2 Å². The van der Waals surface area contributed by atoms with Crippen LogP contribution in [0, 0.1) is 0 Å². The van der Waals surface area contributed by atoms with E-state index >= 15 is 0 Å². The maximum atomic E-state index is 10.2. The van der Waals surface area contributed by atoms with Gasteiger partial charge < -0.3 is 19.3 Å². The zero-order chi connectivity index (χ0) is 16.3. The molecule has 0 aromatic heterocycles. The monoisotopic (exact) mass is 302 g/mol. The molecule has 4 heteroatoms. The molecular weight excluding hydrogens is 280 g/mol. The Balaban J connectivity index is 2.28. The first-order valence-electron chi connectivity index (χ1n) is 7.08. The van der Waals surface area contributed by atoms with Gasteiger partial charge in [0, 0.05) is 6.07 Å². The van der Waals surface area contributed by atoms with Crippen LogP contribution < -0.4 is 14.2 Å². The van der Waals surface area contributed by atoms with Crippen molar-refractivity contribution < 1.29 is 19.3 Å². The van der Waals surface area contributed by atoms with Gasteiger partial charge in [-0.2, -0.15) is 0 Å². The zero-order valence-electron chi connectivity index (χ0n) is 13.6. The lowest BCUT2D eigenvalue weighted by Crippen LogP contribution is -2.10. The normalized spacial score (nSPS) is 11.1. The van der Waals surface area contributed by atoms with Gasteiger partial charge in [0.05, 0.1) is 14.2 Å². The third-order valence-electron chi connectivity index (χ3n) is 3.41. The molecule has 1 N–H and O–H groups in total. The van der Waals surface area contributed by atoms with Crippen molar-refractivity contribution in [3.05, 3.63) is 42.0 Å². The molecule has 0 saturated heterocycles. The average molecular weight is 302 g/mol. The fourth-order valence-corrected chi connectivity index (χ4v) is 2.08. The molecule has 2 aromatic carbocycles. The molecule has 4 nitrogen and oxygen atoms in total. The summed E-state index contributed by atoms with van der Waals surface area (Å²) in [6.07, 6.45) is 0. The van der Waals surface area contributed by atoms with E-state index in [1.807, 2.05) is 6.07 Å². The van der Waals surface area contributed by atoms with E-state index in [4.69, 9.17) is 14.2 Å². The van der Waals surface area contributed by atoms with Gasteiger partial charge in [0.1, 0.15) is 5.75 Å². The second-order valence-electron chi connectivity index (χ2n) is 6.05. The van der Waals surface area contributed by atoms with Crippen LogP contribution in [0.4, 0.5) is 0 Å². The minimum absolute atomic E-state index is 0.0284. The maximum Gasteiger partial charge on any atom is 0.169 e. The first kappa shape index (κ1) is 16.0. The van der Waals surface area contributed by atoms with Crippen LogP contribution in [0.25, 0.3) is 0 Å². The van der Waals surface area contributed by atoms with Crippen LogP contribution in [0.1, 0.15) is 26.3 Å². The molecule has 0 heterocycles. The quantitative estimate of drug-likeness (QED) is 0.903. The highest BCUT2D eigenvalue weighted by Crippen LogP contribution is 2.37. The Bertz CT molecular complexity index is 657. The van der Waals surface area contributed by atoms with Crippen LogP contribution >= 0.6 is 0 Å². The highest BCUT2D eigenvalue weighted by atomic mass is 16.5. The van der Waals surface area contributed by atoms with Gasteiger partial charge in [0.15, 0.2) is 23.0 Å². The number of hydrogen-bond donors (Lipinski definition) is 1. The summed E-state index contributed by atoms with van der Waals surface area (Å²) < 4.78 is 16.2. The summed E-state index contributed by atoms with van der Waals surface area (Å²) in [4.78, 5) is 0. The minimum atomic E-state index is -0.0284. The molecule has 0 fully saturated rings. The Labute approximate surface area is 131 Å². The van der Waals surface area contributed by atoms with Crippen molar-refractivity contribution in [2.45, 2.75) is 26.2 Å². The van der Waals surface area contributed by atoms with E-state index < -0.39 is 0 Å². The zero-order valence-corrected chi connectivity index (χ0v) is 13.6. The number of methoxy groups -OCH3 is 2. The van der Waals surface area contributed by atoms with Gasteiger partial charge in [0.2, 0.25) is 0 Å². The van der Waals surface area contributed by atoms with E-state index in [1.54, 1.807) is 44.6 Å². The molecule has 0 atom stereocenters. The van der Waals surface area contributed by atoms with Crippen LogP contribution in [0.3, 0.4) is 0 Å². The van der Waals surface area contributed by atoms with Gasteiger partial charge in [-0.15, -0.1) is 0 Å². The van der Waals surface area contributed by atoms with Crippen molar-refractivity contribution in [1.29, 1.82) is 0 Å². The summed E-state index contributed by atoms with van der Waals surface area (Å²) in [5, 5.41) is 10.2.